The van der Waals surface area contributed by atoms with Crippen LogP contribution in [-0.4, -0.2) is 18.2 Å². The molecule has 21 heavy (non-hydrogen) atoms. The Kier molecular flexibility index (Phi) is 3.62. The predicted octanol–water partition coefficient (Wildman–Crippen LogP) is 3.85. The topological polar surface area (TPSA) is 35.5 Å². The minimum Gasteiger partial charge on any atom is -0.482 e. The first-order chi connectivity index (χ1) is 9.88. The van der Waals surface area contributed by atoms with E-state index in [1.165, 1.54) is 32.1 Å². The third-order valence-corrected chi connectivity index (χ3v) is 5.93. The molecule has 4 rings (SSSR count). The molecule has 0 aromatic heterocycles. The maximum atomic E-state index is 12.1. The zero-order valence-corrected chi connectivity index (χ0v) is 13.2. The normalized spacial score (nSPS) is 39.9. The lowest BCUT2D eigenvalue weighted by molar-refractivity contribution is -0.205. The molecule has 0 aliphatic heterocycles. The Morgan fingerprint density at radius 3 is 2.10 bits per heavy atom. The molecule has 4 bridgehead atoms. The highest BCUT2D eigenvalue weighted by Gasteiger charge is 2.57. The van der Waals surface area contributed by atoms with Crippen molar-refractivity contribution in [3.05, 3.63) is 24.5 Å². The summed E-state index contributed by atoms with van der Waals surface area (Å²) in [5, 5.41) is 0. The van der Waals surface area contributed by atoms with Gasteiger partial charge in [0.15, 0.2) is 6.61 Å². The summed E-state index contributed by atoms with van der Waals surface area (Å²) in [6.45, 7) is 11.4. The number of carbonyl (C=O) groups is 1. The summed E-state index contributed by atoms with van der Waals surface area (Å²) < 4.78 is 11.2. The summed E-state index contributed by atoms with van der Waals surface area (Å²) in [6, 6.07) is 0. The van der Waals surface area contributed by atoms with E-state index in [-0.39, 0.29) is 18.2 Å². The van der Waals surface area contributed by atoms with Crippen LogP contribution < -0.4 is 0 Å². The lowest BCUT2D eigenvalue weighted by Crippen LogP contribution is -2.58. The highest BCUT2D eigenvalue weighted by molar-refractivity contribution is 5.71. The second kappa shape index (κ2) is 5.19. The third-order valence-electron chi connectivity index (χ3n) is 5.93. The van der Waals surface area contributed by atoms with Gasteiger partial charge in [0, 0.05) is 0 Å². The highest BCUT2D eigenvalue weighted by Crippen LogP contribution is 2.59. The van der Waals surface area contributed by atoms with Gasteiger partial charge in [-0.05, 0) is 75.2 Å². The average Bonchev–Trinajstić information content (AvgIpc) is 2.41. The number of hydrogen-bond acceptors (Lipinski definition) is 3. The highest BCUT2D eigenvalue weighted by atomic mass is 16.6. The van der Waals surface area contributed by atoms with E-state index in [0.717, 1.165) is 17.4 Å². The molecular weight excluding hydrogens is 264 g/mol. The van der Waals surface area contributed by atoms with E-state index in [9.17, 15) is 4.79 Å². The number of carbonyl (C=O) groups excluding carboxylic acids is 1. The zero-order valence-electron chi connectivity index (χ0n) is 13.2. The smallest absolute Gasteiger partial charge is 0.344 e. The van der Waals surface area contributed by atoms with E-state index >= 15 is 0 Å². The second-order valence-electron chi connectivity index (χ2n) is 7.45. The molecule has 4 aliphatic rings. The lowest BCUT2D eigenvalue weighted by Gasteiger charge is -2.59. The molecule has 4 fully saturated rings. The van der Waals surface area contributed by atoms with Gasteiger partial charge < -0.3 is 9.47 Å². The van der Waals surface area contributed by atoms with E-state index in [1.54, 1.807) is 0 Å². The molecule has 0 unspecified atom stereocenters. The van der Waals surface area contributed by atoms with Crippen LogP contribution in [-0.2, 0) is 14.3 Å². The first-order valence-corrected chi connectivity index (χ1v) is 8.08. The molecule has 0 N–H and O–H groups in total. The maximum absolute atomic E-state index is 12.1. The van der Waals surface area contributed by atoms with Gasteiger partial charge in [0.25, 0.3) is 0 Å². The molecule has 0 amide bonds. The number of esters is 1. The molecule has 0 saturated heterocycles. The Labute approximate surface area is 127 Å². The molecule has 3 heteroatoms. The fraction of sp³-hybridized carbons (Fsp3) is 0.722. The Hall–Kier alpha value is -1.25. The summed E-state index contributed by atoms with van der Waals surface area (Å²) in [5.74, 6) is 3.02. The van der Waals surface area contributed by atoms with E-state index in [1.807, 2.05) is 6.92 Å². The number of rotatable bonds is 5. The van der Waals surface area contributed by atoms with Crippen molar-refractivity contribution in [3.8, 4) is 0 Å². The van der Waals surface area contributed by atoms with Gasteiger partial charge >= 0.3 is 5.97 Å². The minimum absolute atomic E-state index is 0.0619. The van der Waals surface area contributed by atoms with Gasteiger partial charge in [-0.15, -0.1) is 0 Å². The Morgan fingerprint density at radius 1 is 1.10 bits per heavy atom. The van der Waals surface area contributed by atoms with Crippen molar-refractivity contribution in [2.24, 2.45) is 23.7 Å². The molecule has 0 heterocycles. The minimum atomic E-state index is -0.279. The quantitative estimate of drug-likeness (QED) is 0.438. The largest absolute Gasteiger partial charge is 0.482 e. The fourth-order valence-electron chi connectivity index (χ4n) is 4.83. The van der Waals surface area contributed by atoms with Crippen LogP contribution in [0.15, 0.2) is 24.5 Å². The molecule has 0 aromatic carbocycles. The van der Waals surface area contributed by atoms with E-state index in [4.69, 9.17) is 9.47 Å². The van der Waals surface area contributed by atoms with Gasteiger partial charge in [0.05, 0.1) is 0 Å². The summed E-state index contributed by atoms with van der Waals surface area (Å²) in [5.41, 5.74) is 0.460. The number of ether oxygens (including phenoxy) is 2. The summed E-state index contributed by atoms with van der Waals surface area (Å²) in [4.78, 5) is 12.1. The van der Waals surface area contributed by atoms with Gasteiger partial charge in [0.1, 0.15) is 11.4 Å². The zero-order chi connectivity index (χ0) is 15.2. The second-order valence-corrected chi connectivity index (χ2v) is 7.45. The first kappa shape index (κ1) is 14.7. The number of allylic oxidation sites excluding steroid dienone is 1. The molecule has 0 aromatic rings. The van der Waals surface area contributed by atoms with Gasteiger partial charge in [0.2, 0.25) is 0 Å². The van der Waals surface area contributed by atoms with Crippen LogP contribution >= 0.6 is 0 Å². The predicted molar refractivity (Wildman–Crippen MR) is 81.4 cm³/mol. The van der Waals surface area contributed by atoms with Crippen molar-refractivity contribution < 1.29 is 14.3 Å². The summed E-state index contributed by atoms with van der Waals surface area (Å²) in [6.07, 6.45) is 6.33. The molecule has 3 nitrogen and oxygen atoms in total. The van der Waals surface area contributed by atoms with Crippen molar-refractivity contribution in [2.75, 3.05) is 6.61 Å². The van der Waals surface area contributed by atoms with Crippen molar-refractivity contribution in [1.82, 2.24) is 0 Å². The molecule has 4 aliphatic carbocycles. The summed E-state index contributed by atoms with van der Waals surface area (Å²) in [7, 11) is 0. The third kappa shape index (κ3) is 2.63. The fourth-order valence-corrected chi connectivity index (χ4v) is 4.83. The van der Waals surface area contributed by atoms with E-state index < -0.39 is 0 Å². The lowest BCUT2D eigenvalue weighted by atomic mass is 9.50. The van der Waals surface area contributed by atoms with E-state index in [0.29, 0.717) is 17.6 Å². The van der Waals surface area contributed by atoms with Gasteiger partial charge in [-0.1, -0.05) is 13.2 Å². The first-order valence-electron chi connectivity index (χ1n) is 8.08. The SMILES string of the molecule is C=C(C)C(=C)OCC(=O)OC1(C)C2CC3CC(C2)CC1C3. The molecular formula is C18H26O3. The molecule has 4 saturated carbocycles. The monoisotopic (exact) mass is 290 g/mol. The summed E-state index contributed by atoms with van der Waals surface area (Å²) >= 11 is 0. The Balaban J connectivity index is 1.60. The van der Waals surface area contributed by atoms with Crippen molar-refractivity contribution >= 4 is 5.97 Å². The molecule has 0 atom stereocenters. The Bertz CT molecular complexity index is 449. The van der Waals surface area contributed by atoms with E-state index in [2.05, 4.69) is 20.1 Å². The van der Waals surface area contributed by atoms with Crippen LogP contribution in [0.5, 0.6) is 0 Å². The van der Waals surface area contributed by atoms with Crippen LogP contribution in [0.2, 0.25) is 0 Å². The molecule has 116 valence electrons. The van der Waals surface area contributed by atoms with Crippen LogP contribution in [0.4, 0.5) is 0 Å². The van der Waals surface area contributed by atoms with Crippen molar-refractivity contribution in [3.63, 3.8) is 0 Å². The van der Waals surface area contributed by atoms with Gasteiger partial charge in [-0.2, -0.15) is 0 Å². The molecule has 0 spiro atoms. The van der Waals surface area contributed by atoms with Crippen molar-refractivity contribution in [2.45, 2.75) is 51.6 Å². The van der Waals surface area contributed by atoms with Crippen molar-refractivity contribution in [1.29, 1.82) is 0 Å². The van der Waals surface area contributed by atoms with Gasteiger partial charge in [-0.3, -0.25) is 0 Å². The van der Waals surface area contributed by atoms with Crippen LogP contribution in [0.1, 0.15) is 46.0 Å². The van der Waals surface area contributed by atoms with Crippen LogP contribution in [0.25, 0.3) is 0 Å². The Morgan fingerprint density at radius 2 is 1.62 bits per heavy atom. The molecule has 0 radical (unpaired) electrons. The standard InChI is InChI=1S/C18H26O3/c1-11(2)12(3)20-10-17(19)21-18(4)15-6-13-5-14(8-15)9-16(18)7-13/h13-16H,1,3,5-10H2,2,4H3. The van der Waals surface area contributed by atoms with Crippen LogP contribution in [0.3, 0.4) is 0 Å². The maximum Gasteiger partial charge on any atom is 0.344 e. The average molecular weight is 290 g/mol. The van der Waals surface area contributed by atoms with Crippen LogP contribution in [0, 0.1) is 23.7 Å². The van der Waals surface area contributed by atoms with Gasteiger partial charge in [-0.25, -0.2) is 4.79 Å². The number of hydrogen-bond donors (Lipinski definition) is 0.